The van der Waals surface area contributed by atoms with Gasteiger partial charge in [0.05, 0.1) is 11.7 Å². The number of benzene rings is 2. The van der Waals surface area contributed by atoms with E-state index in [0.717, 1.165) is 56.1 Å². The highest BCUT2D eigenvalue weighted by molar-refractivity contribution is 5.86. The van der Waals surface area contributed by atoms with E-state index in [4.69, 9.17) is 4.98 Å². The van der Waals surface area contributed by atoms with Crippen LogP contribution in [0.5, 0.6) is 0 Å². The zero-order chi connectivity index (χ0) is 19.8. The fourth-order valence-corrected chi connectivity index (χ4v) is 4.64. The lowest BCUT2D eigenvalue weighted by molar-refractivity contribution is -0.139. The van der Waals surface area contributed by atoms with Gasteiger partial charge in [-0.3, -0.25) is 4.79 Å². The Bertz CT molecular complexity index is 1050. The molecule has 2 saturated heterocycles. The lowest BCUT2D eigenvalue weighted by Crippen LogP contribution is -2.47. The third-order valence-electron chi connectivity index (χ3n) is 6.32. The molecule has 0 radical (unpaired) electrons. The number of amides is 1. The second-order valence-electron chi connectivity index (χ2n) is 8.27. The van der Waals surface area contributed by atoms with Crippen molar-refractivity contribution in [2.45, 2.75) is 32.2 Å². The molecular formula is C24H26N4O. The van der Waals surface area contributed by atoms with Gasteiger partial charge in [0.1, 0.15) is 0 Å². The third kappa shape index (κ3) is 3.46. The lowest BCUT2D eigenvalue weighted by atomic mass is 9.97. The summed E-state index contributed by atoms with van der Waals surface area (Å²) in [6.45, 7) is 4.65. The number of fused-ring (bicyclic) bond motifs is 1. The minimum absolute atomic E-state index is 0.158. The van der Waals surface area contributed by atoms with Crippen molar-refractivity contribution in [1.29, 1.82) is 0 Å². The second-order valence-corrected chi connectivity index (χ2v) is 8.27. The quantitative estimate of drug-likeness (QED) is 0.679. The van der Waals surface area contributed by atoms with Gasteiger partial charge in [0.2, 0.25) is 11.9 Å². The van der Waals surface area contributed by atoms with Crippen LogP contribution >= 0.6 is 0 Å². The molecule has 0 N–H and O–H groups in total. The summed E-state index contributed by atoms with van der Waals surface area (Å²) in [6, 6.07) is 17.1. The van der Waals surface area contributed by atoms with Crippen LogP contribution in [-0.4, -0.2) is 46.5 Å². The van der Waals surface area contributed by atoms with Crippen LogP contribution in [0.25, 0.3) is 22.0 Å². The monoisotopic (exact) mass is 386 g/mol. The Balaban J connectivity index is 1.36. The molecule has 1 aromatic heterocycles. The largest absolute Gasteiger partial charge is 0.339 e. The molecule has 2 aliphatic heterocycles. The summed E-state index contributed by atoms with van der Waals surface area (Å²) in [7, 11) is 0. The van der Waals surface area contributed by atoms with Gasteiger partial charge in [-0.1, -0.05) is 43.3 Å². The summed E-state index contributed by atoms with van der Waals surface area (Å²) in [6.07, 6.45) is 4.95. The Morgan fingerprint density at radius 1 is 1.00 bits per heavy atom. The first-order valence-electron chi connectivity index (χ1n) is 10.6. The number of anilines is 1. The molecule has 0 aliphatic carbocycles. The van der Waals surface area contributed by atoms with Crippen molar-refractivity contribution < 1.29 is 4.79 Å². The van der Waals surface area contributed by atoms with Crippen LogP contribution < -0.4 is 4.90 Å². The molecule has 29 heavy (non-hydrogen) atoms. The maximum atomic E-state index is 12.6. The van der Waals surface area contributed by atoms with Crippen LogP contribution in [0.15, 0.2) is 54.7 Å². The zero-order valence-corrected chi connectivity index (χ0v) is 16.8. The number of nitrogens with zero attached hydrogens (tertiary/aromatic N) is 4. The van der Waals surface area contributed by atoms with E-state index in [0.29, 0.717) is 5.91 Å². The number of rotatable bonds is 3. The molecule has 148 valence electrons. The van der Waals surface area contributed by atoms with Crippen LogP contribution in [0.3, 0.4) is 0 Å². The number of piperidine rings is 1. The number of carbonyl (C=O) groups excluding carboxylic acids is 1. The molecule has 0 saturated carbocycles. The van der Waals surface area contributed by atoms with E-state index >= 15 is 0 Å². The summed E-state index contributed by atoms with van der Waals surface area (Å²) in [5, 5.41) is 2.44. The van der Waals surface area contributed by atoms with Gasteiger partial charge in [0.25, 0.3) is 0 Å². The Morgan fingerprint density at radius 2 is 1.86 bits per heavy atom. The fraction of sp³-hybridized carbons (Fsp3) is 0.375. The lowest BCUT2D eigenvalue weighted by Gasteiger charge is -2.35. The van der Waals surface area contributed by atoms with Crippen molar-refractivity contribution in [3.8, 4) is 11.3 Å². The molecule has 2 aliphatic rings. The second kappa shape index (κ2) is 7.47. The van der Waals surface area contributed by atoms with Crippen LogP contribution in [0, 0.1) is 5.92 Å². The van der Waals surface area contributed by atoms with E-state index in [9.17, 15) is 4.79 Å². The molecule has 3 heterocycles. The third-order valence-corrected chi connectivity index (χ3v) is 6.32. The normalized spacial score (nSPS) is 22.4. The molecule has 1 amide bonds. The molecule has 2 atom stereocenters. The number of likely N-dealkylation sites (tertiary alicyclic amines) is 1. The summed E-state index contributed by atoms with van der Waals surface area (Å²) in [5.74, 6) is 1.23. The minimum Gasteiger partial charge on any atom is -0.339 e. The highest BCUT2D eigenvalue weighted by Gasteiger charge is 2.35. The fourth-order valence-electron chi connectivity index (χ4n) is 4.64. The average Bonchev–Trinajstić information content (AvgIpc) is 3.25. The SMILES string of the molecule is CC1CCCN(C2CCN(c3nccc(-c4ccc5ccccc5c4)n3)C2)C1=O. The predicted molar refractivity (Wildman–Crippen MR) is 116 cm³/mol. The minimum atomic E-state index is 0.158. The van der Waals surface area contributed by atoms with Crippen molar-refractivity contribution >= 4 is 22.6 Å². The first-order chi connectivity index (χ1) is 14.2. The highest BCUT2D eigenvalue weighted by Crippen LogP contribution is 2.28. The average molecular weight is 386 g/mol. The molecule has 2 unspecified atom stereocenters. The predicted octanol–water partition coefficient (Wildman–Crippen LogP) is 4.13. The maximum Gasteiger partial charge on any atom is 0.225 e. The first kappa shape index (κ1) is 18.1. The molecule has 2 aromatic carbocycles. The van der Waals surface area contributed by atoms with Crippen molar-refractivity contribution in [2.24, 2.45) is 5.92 Å². The summed E-state index contributed by atoms with van der Waals surface area (Å²) < 4.78 is 0. The molecule has 0 bridgehead atoms. The van der Waals surface area contributed by atoms with Gasteiger partial charge in [0.15, 0.2) is 0 Å². The Morgan fingerprint density at radius 3 is 2.76 bits per heavy atom. The molecule has 5 heteroatoms. The molecule has 2 fully saturated rings. The summed E-state index contributed by atoms with van der Waals surface area (Å²) in [4.78, 5) is 26.3. The highest BCUT2D eigenvalue weighted by atomic mass is 16.2. The van der Waals surface area contributed by atoms with Gasteiger partial charge in [-0.15, -0.1) is 0 Å². The molecule has 3 aromatic rings. The van der Waals surface area contributed by atoms with E-state index in [1.807, 2.05) is 12.3 Å². The van der Waals surface area contributed by atoms with Gasteiger partial charge >= 0.3 is 0 Å². The standard InChI is InChI=1S/C24H26N4O/c1-17-5-4-13-28(23(17)29)21-11-14-27(16-21)24-25-12-10-22(26-24)20-9-8-18-6-2-3-7-19(18)15-20/h2-3,6-10,12,15,17,21H,4-5,11,13-14,16H2,1H3. The smallest absolute Gasteiger partial charge is 0.225 e. The van der Waals surface area contributed by atoms with Crippen LogP contribution in [-0.2, 0) is 4.79 Å². The van der Waals surface area contributed by atoms with Gasteiger partial charge in [-0.2, -0.15) is 0 Å². The van der Waals surface area contributed by atoms with E-state index in [1.54, 1.807) is 0 Å². The summed E-state index contributed by atoms with van der Waals surface area (Å²) >= 11 is 0. The van der Waals surface area contributed by atoms with Gasteiger partial charge in [0, 0.05) is 37.3 Å². The van der Waals surface area contributed by atoms with Crippen molar-refractivity contribution in [3.63, 3.8) is 0 Å². The van der Waals surface area contributed by atoms with Gasteiger partial charge in [-0.25, -0.2) is 9.97 Å². The van der Waals surface area contributed by atoms with E-state index in [1.165, 1.54) is 10.8 Å². The Labute approximate surface area is 171 Å². The van der Waals surface area contributed by atoms with Gasteiger partial charge in [-0.05, 0) is 42.2 Å². The van der Waals surface area contributed by atoms with Crippen molar-refractivity contribution in [1.82, 2.24) is 14.9 Å². The number of carbonyl (C=O) groups is 1. The Hall–Kier alpha value is -2.95. The molecule has 0 spiro atoms. The van der Waals surface area contributed by atoms with E-state index < -0.39 is 0 Å². The molecule has 5 nitrogen and oxygen atoms in total. The Kier molecular flexibility index (Phi) is 4.66. The van der Waals surface area contributed by atoms with Gasteiger partial charge < -0.3 is 9.80 Å². The van der Waals surface area contributed by atoms with E-state index in [-0.39, 0.29) is 12.0 Å². The maximum absolute atomic E-state index is 12.6. The number of aromatic nitrogens is 2. The molecular weight excluding hydrogens is 360 g/mol. The first-order valence-corrected chi connectivity index (χ1v) is 10.6. The van der Waals surface area contributed by atoms with Crippen molar-refractivity contribution in [3.05, 3.63) is 54.7 Å². The van der Waals surface area contributed by atoms with Crippen LogP contribution in [0.2, 0.25) is 0 Å². The number of hydrogen-bond donors (Lipinski definition) is 0. The van der Waals surface area contributed by atoms with Crippen LogP contribution in [0.4, 0.5) is 5.95 Å². The molecule has 5 rings (SSSR count). The number of hydrogen-bond acceptors (Lipinski definition) is 4. The zero-order valence-electron chi connectivity index (χ0n) is 16.8. The summed E-state index contributed by atoms with van der Waals surface area (Å²) in [5.41, 5.74) is 2.04. The van der Waals surface area contributed by atoms with Crippen LogP contribution in [0.1, 0.15) is 26.2 Å². The van der Waals surface area contributed by atoms with E-state index in [2.05, 4.69) is 64.2 Å². The van der Waals surface area contributed by atoms with Crippen molar-refractivity contribution in [2.75, 3.05) is 24.5 Å². The topological polar surface area (TPSA) is 49.3 Å².